The number of nitrogens with one attached hydrogen (secondary N) is 1. The SMILES string of the molecule is Cc1ccc(NC(=O)C(Sc2nn(-c3ccc(Cl)cc3)c(=S)s2)c2ccccc2)cc1. The topological polar surface area (TPSA) is 46.9 Å². The molecule has 4 aromatic rings. The fraction of sp³-hybridized carbons (Fsp3) is 0.0870. The summed E-state index contributed by atoms with van der Waals surface area (Å²) in [6.45, 7) is 2.01. The molecule has 0 spiro atoms. The van der Waals surface area contributed by atoms with Crippen LogP contribution < -0.4 is 5.32 Å². The van der Waals surface area contributed by atoms with Crippen molar-refractivity contribution in [1.29, 1.82) is 0 Å². The molecule has 8 heteroatoms. The van der Waals surface area contributed by atoms with Gasteiger partial charge < -0.3 is 5.32 Å². The maximum atomic E-state index is 13.2. The molecule has 1 aromatic heterocycles. The molecular weight excluding hydrogens is 466 g/mol. The summed E-state index contributed by atoms with van der Waals surface area (Å²) in [6, 6.07) is 24.8. The van der Waals surface area contributed by atoms with Crippen LogP contribution in [0.4, 0.5) is 5.69 Å². The number of nitrogens with zero attached hydrogens (tertiary/aromatic N) is 2. The molecule has 0 fully saturated rings. The number of rotatable bonds is 6. The van der Waals surface area contributed by atoms with Crippen LogP contribution in [0.25, 0.3) is 5.69 Å². The van der Waals surface area contributed by atoms with Gasteiger partial charge in [0.2, 0.25) is 5.91 Å². The molecule has 4 rings (SSSR count). The average Bonchev–Trinajstić information content (AvgIpc) is 3.15. The first-order valence-electron chi connectivity index (χ1n) is 9.45. The summed E-state index contributed by atoms with van der Waals surface area (Å²) in [4.78, 5) is 13.2. The number of carbonyl (C=O) groups is 1. The van der Waals surface area contributed by atoms with Gasteiger partial charge in [0, 0.05) is 10.7 Å². The van der Waals surface area contributed by atoms with Gasteiger partial charge in [0.1, 0.15) is 5.25 Å². The van der Waals surface area contributed by atoms with Crippen molar-refractivity contribution in [2.45, 2.75) is 16.5 Å². The van der Waals surface area contributed by atoms with Gasteiger partial charge in [-0.3, -0.25) is 4.79 Å². The van der Waals surface area contributed by atoms with Crippen molar-refractivity contribution in [3.05, 3.63) is 99.0 Å². The Balaban J connectivity index is 1.61. The summed E-state index contributed by atoms with van der Waals surface area (Å²) in [5, 5.41) is 7.84. The van der Waals surface area contributed by atoms with Gasteiger partial charge in [-0.1, -0.05) is 82.7 Å². The van der Waals surface area contributed by atoms with E-state index >= 15 is 0 Å². The first kappa shape index (κ1) is 21.8. The van der Waals surface area contributed by atoms with Crippen LogP contribution in [0.5, 0.6) is 0 Å². The second-order valence-corrected chi connectivity index (χ2v) is 10.2. The molecule has 31 heavy (non-hydrogen) atoms. The zero-order chi connectivity index (χ0) is 21.8. The van der Waals surface area contributed by atoms with Crippen LogP contribution in [0.1, 0.15) is 16.4 Å². The quantitative estimate of drug-likeness (QED) is 0.235. The van der Waals surface area contributed by atoms with Gasteiger partial charge in [-0.05, 0) is 61.1 Å². The first-order chi connectivity index (χ1) is 15.0. The third-order valence-corrected chi connectivity index (χ3v) is 7.30. The van der Waals surface area contributed by atoms with Crippen LogP contribution in [0.2, 0.25) is 5.02 Å². The smallest absolute Gasteiger partial charge is 0.242 e. The summed E-state index contributed by atoms with van der Waals surface area (Å²) < 4.78 is 3.02. The molecule has 156 valence electrons. The Labute approximate surface area is 198 Å². The fourth-order valence-electron chi connectivity index (χ4n) is 2.90. The molecule has 1 heterocycles. The number of anilines is 1. The van der Waals surface area contributed by atoms with Crippen molar-refractivity contribution in [3.8, 4) is 5.69 Å². The number of aryl methyl sites for hydroxylation is 1. The number of halogens is 1. The highest BCUT2D eigenvalue weighted by Crippen LogP contribution is 2.38. The van der Waals surface area contributed by atoms with E-state index in [1.54, 1.807) is 16.8 Å². The van der Waals surface area contributed by atoms with Crippen LogP contribution >= 0.6 is 46.9 Å². The van der Waals surface area contributed by atoms with Crippen molar-refractivity contribution in [1.82, 2.24) is 9.78 Å². The van der Waals surface area contributed by atoms with Gasteiger partial charge in [0.05, 0.1) is 5.69 Å². The Morgan fingerprint density at radius 1 is 1.06 bits per heavy atom. The molecule has 1 unspecified atom stereocenters. The molecule has 0 saturated carbocycles. The van der Waals surface area contributed by atoms with E-state index < -0.39 is 5.25 Å². The van der Waals surface area contributed by atoms with Gasteiger partial charge in [-0.15, -0.1) is 5.10 Å². The Morgan fingerprint density at radius 3 is 2.42 bits per heavy atom. The molecule has 3 aromatic carbocycles. The third-order valence-electron chi connectivity index (χ3n) is 4.48. The first-order valence-corrected chi connectivity index (χ1v) is 11.9. The lowest BCUT2D eigenvalue weighted by Gasteiger charge is -2.15. The lowest BCUT2D eigenvalue weighted by Crippen LogP contribution is -2.19. The lowest BCUT2D eigenvalue weighted by atomic mass is 10.1. The highest BCUT2D eigenvalue weighted by molar-refractivity contribution is 8.02. The molecule has 0 bridgehead atoms. The molecule has 0 saturated heterocycles. The zero-order valence-corrected chi connectivity index (χ0v) is 19.7. The highest BCUT2D eigenvalue weighted by Gasteiger charge is 2.24. The van der Waals surface area contributed by atoms with Crippen molar-refractivity contribution in [3.63, 3.8) is 0 Å². The number of carbonyl (C=O) groups excluding carboxylic acids is 1. The lowest BCUT2D eigenvalue weighted by molar-refractivity contribution is -0.115. The Kier molecular flexibility index (Phi) is 6.87. The summed E-state index contributed by atoms with van der Waals surface area (Å²) >= 11 is 14.3. The second kappa shape index (κ2) is 9.78. The number of hydrogen-bond donors (Lipinski definition) is 1. The predicted octanol–water partition coefficient (Wildman–Crippen LogP) is 7.10. The van der Waals surface area contributed by atoms with E-state index in [0.29, 0.717) is 13.3 Å². The maximum absolute atomic E-state index is 13.2. The summed E-state index contributed by atoms with van der Waals surface area (Å²) in [5.41, 5.74) is 3.63. The van der Waals surface area contributed by atoms with Gasteiger partial charge in [0.15, 0.2) is 8.29 Å². The van der Waals surface area contributed by atoms with Crippen LogP contribution in [-0.4, -0.2) is 15.7 Å². The normalized spacial score (nSPS) is 11.8. The monoisotopic (exact) mass is 483 g/mol. The van der Waals surface area contributed by atoms with E-state index in [1.807, 2.05) is 73.7 Å². The minimum atomic E-state index is -0.471. The molecule has 0 aliphatic rings. The molecule has 1 N–H and O–H groups in total. The van der Waals surface area contributed by atoms with Crippen LogP contribution in [0, 0.1) is 10.9 Å². The number of benzene rings is 3. The molecule has 0 radical (unpaired) electrons. The van der Waals surface area contributed by atoms with Gasteiger partial charge in [-0.2, -0.15) is 0 Å². The van der Waals surface area contributed by atoms with Crippen LogP contribution in [0.15, 0.2) is 83.2 Å². The second-order valence-electron chi connectivity index (χ2n) is 6.79. The maximum Gasteiger partial charge on any atom is 0.242 e. The van der Waals surface area contributed by atoms with Crippen LogP contribution in [-0.2, 0) is 4.79 Å². The minimum Gasteiger partial charge on any atom is -0.325 e. The van der Waals surface area contributed by atoms with E-state index in [-0.39, 0.29) is 5.91 Å². The number of amides is 1. The van der Waals surface area contributed by atoms with Crippen LogP contribution in [0.3, 0.4) is 0 Å². The van der Waals surface area contributed by atoms with E-state index in [9.17, 15) is 4.79 Å². The summed E-state index contributed by atoms with van der Waals surface area (Å²) in [6.07, 6.45) is 0. The average molecular weight is 484 g/mol. The van der Waals surface area contributed by atoms with Gasteiger partial charge >= 0.3 is 0 Å². The number of aromatic nitrogens is 2. The van der Waals surface area contributed by atoms with E-state index in [2.05, 4.69) is 10.4 Å². The Hall–Kier alpha value is -2.45. The molecule has 0 aliphatic heterocycles. The van der Waals surface area contributed by atoms with Crippen molar-refractivity contribution >= 4 is 58.5 Å². The highest BCUT2D eigenvalue weighted by atomic mass is 35.5. The predicted molar refractivity (Wildman–Crippen MR) is 132 cm³/mol. The molecule has 4 nitrogen and oxygen atoms in total. The standard InChI is InChI=1S/C23H18ClN3OS3/c1-15-7-11-18(12-8-15)25-21(28)20(16-5-3-2-4-6-16)30-22-26-27(23(29)31-22)19-13-9-17(24)10-14-19/h2-14,20H,1H3,(H,25,28). The fourth-order valence-corrected chi connectivity index (χ4v) is 5.58. The molecular formula is C23H18ClN3OS3. The van der Waals surface area contributed by atoms with Crippen molar-refractivity contribution < 1.29 is 4.79 Å². The van der Waals surface area contributed by atoms with E-state index in [1.165, 1.54) is 23.1 Å². The summed E-state index contributed by atoms with van der Waals surface area (Å²) in [7, 11) is 0. The van der Waals surface area contributed by atoms with E-state index in [0.717, 1.165) is 22.5 Å². The third kappa shape index (κ3) is 5.43. The zero-order valence-electron chi connectivity index (χ0n) is 16.5. The number of hydrogen-bond acceptors (Lipinski definition) is 5. The van der Waals surface area contributed by atoms with Crippen molar-refractivity contribution in [2.75, 3.05) is 5.32 Å². The van der Waals surface area contributed by atoms with E-state index in [4.69, 9.17) is 23.8 Å². The van der Waals surface area contributed by atoms with Gasteiger partial charge in [-0.25, -0.2) is 4.68 Å². The Morgan fingerprint density at radius 2 is 1.74 bits per heavy atom. The summed E-state index contributed by atoms with van der Waals surface area (Å²) in [5.74, 6) is -0.112. The van der Waals surface area contributed by atoms with Gasteiger partial charge in [0.25, 0.3) is 0 Å². The molecule has 0 aliphatic carbocycles. The minimum absolute atomic E-state index is 0.112. The van der Waals surface area contributed by atoms with Crippen molar-refractivity contribution in [2.24, 2.45) is 0 Å². The molecule has 1 atom stereocenters. The Bertz CT molecular complexity index is 1240. The largest absolute Gasteiger partial charge is 0.325 e. The molecule has 1 amide bonds. The number of thioether (sulfide) groups is 1.